The molecule has 2 unspecified atom stereocenters. The van der Waals surface area contributed by atoms with Crippen LogP contribution in [-0.4, -0.2) is 29.9 Å². The third kappa shape index (κ3) is 6.27. The van der Waals surface area contributed by atoms with Gasteiger partial charge >= 0.3 is 12.1 Å². The van der Waals surface area contributed by atoms with Crippen molar-refractivity contribution in [1.29, 1.82) is 0 Å². The molecule has 2 atom stereocenters. The second kappa shape index (κ2) is 9.44. The second-order valence-corrected chi connectivity index (χ2v) is 5.46. The average Bonchev–Trinajstić information content (AvgIpc) is 2.64. The van der Waals surface area contributed by atoms with Gasteiger partial charge in [-0.15, -0.1) is 0 Å². The highest BCUT2D eigenvalue weighted by atomic mass is 16.6. The number of aliphatic hydroxyl groups excluding tert-OH is 1. The molecule has 0 spiro atoms. The smallest absolute Gasteiger partial charge is 0.408 e. The number of alkyl carbamates (subject to hydrolysis) is 1. The number of esters is 1. The topological polar surface area (TPSA) is 84.9 Å². The molecule has 0 radical (unpaired) electrons. The van der Waals surface area contributed by atoms with Gasteiger partial charge in [-0.25, -0.2) is 4.79 Å². The minimum Gasteiger partial charge on any atom is -0.463 e. The van der Waals surface area contributed by atoms with E-state index in [0.717, 1.165) is 5.56 Å². The minimum absolute atomic E-state index is 0.119. The monoisotopic (exact) mass is 343 g/mol. The summed E-state index contributed by atoms with van der Waals surface area (Å²) in [5.74, 6) is -0.502. The molecule has 0 heterocycles. The van der Waals surface area contributed by atoms with Gasteiger partial charge in [-0.05, 0) is 11.1 Å². The fourth-order valence-corrected chi connectivity index (χ4v) is 2.25. The van der Waals surface area contributed by atoms with Crippen LogP contribution in [0.25, 0.3) is 0 Å². The number of benzene rings is 2. The fraction of sp³-hybridized carbons (Fsp3) is 0.263. The zero-order valence-electron chi connectivity index (χ0n) is 13.9. The Morgan fingerprint density at radius 1 is 1.00 bits per heavy atom. The van der Waals surface area contributed by atoms with E-state index in [2.05, 4.69) is 5.32 Å². The number of carbonyl (C=O) groups excluding carboxylic acids is 2. The second-order valence-electron chi connectivity index (χ2n) is 5.46. The Bertz CT molecular complexity index is 675. The molecule has 2 aromatic carbocycles. The SMILES string of the molecule is CC(=O)OCC(O)C(NC(=O)OCc1ccccc1)c1ccccc1. The maximum atomic E-state index is 12.1. The lowest BCUT2D eigenvalue weighted by atomic mass is 10.0. The Morgan fingerprint density at radius 2 is 1.60 bits per heavy atom. The number of hydrogen-bond acceptors (Lipinski definition) is 5. The highest BCUT2D eigenvalue weighted by Crippen LogP contribution is 2.18. The first-order chi connectivity index (χ1) is 12.1. The van der Waals surface area contributed by atoms with Crippen LogP contribution < -0.4 is 5.32 Å². The number of hydrogen-bond donors (Lipinski definition) is 2. The van der Waals surface area contributed by atoms with Gasteiger partial charge in [-0.1, -0.05) is 60.7 Å². The van der Waals surface area contributed by atoms with Crippen LogP contribution in [0.1, 0.15) is 24.1 Å². The van der Waals surface area contributed by atoms with Crippen LogP contribution in [0.3, 0.4) is 0 Å². The highest BCUT2D eigenvalue weighted by molar-refractivity contribution is 5.68. The van der Waals surface area contributed by atoms with E-state index in [-0.39, 0.29) is 13.2 Å². The lowest BCUT2D eigenvalue weighted by Crippen LogP contribution is -2.39. The number of amides is 1. The number of ether oxygens (including phenoxy) is 2. The summed E-state index contributed by atoms with van der Waals surface area (Å²) in [5, 5.41) is 12.9. The predicted octanol–water partition coefficient (Wildman–Crippen LogP) is 2.58. The molecule has 2 N–H and O–H groups in total. The standard InChI is InChI=1S/C19H21NO5/c1-14(21)24-13-17(22)18(16-10-6-3-7-11-16)20-19(23)25-12-15-8-4-2-5-9-15/h2-11,17-18,22H,12-13H2,1H3,(H,20,23). The van der Waals surface area contributed by atoms with Crippen LogP contribution in [0, 0.1) is 0 Å². The molecular formula is C19H21NO5. The van der Waals surface area contributed by atoms with Crippen LogP contribution in [0.15, 0.2) is 60.7 Å². The van der Waals surface area contributed by atoms with Crippen LogP contribution in [0.4, 0.5) is 4.79 Å². The Kier molecular flexibility index (Phi) is 6.98. The van der Waals surface area contributed by atoms with E-state index in [0.29, 0.717) is 5.56 Å². The van der Waals surface area contributed by atoms with Gasteiger partial charge in [0.05, 0.1) is 6.04 Å². The van der Waals surface area contributed by atoms with Crippen molar-refractivity contribution in [3.63, 3.8) is 0 Å². The van der Waals surface area contributed by atoms with Gasteiger partial charge in [0.25, 0.3) is 0 Å². The maximum Gasteiger partial charge on any atom is 0.408 e. The summed E-state index contributed by atoms with van der Waals surface area (Å²) in [7, 11) is 0. The van der Waals surface area contributed by atoms with Gasteiger partial charge in [-0.2, -0.15) is 0 Å². The summed E-state index contributed by atoms with van der Waals surface area (Å²) in [6, 6.07) is 17.4. The molecule has 0 aliphatic heterocycles. The molecule has 0 aliphatic rings. The van der Waals surface area contributed by atoms with E-state index in [1.165, 1.54) is 6.92 Å². The van der Waals surface area contributed by atoms with E-state index >= 15 is 0 Å². The van der Waals surface area contributed by atoms with Crippen LogP contribution >= 0.6 is 0 Å². The molecule has 132 valence electrons. The number of rotatable bonds is 7. The lowest BCUT2D eigenvalue weighted by molar-refractivity contribution is -0.144. The summed E-state index contributed by atoms with van der Waals surface area (Å²) < 4.78 is 10.0. The van der Waals surface area contributed by atoms with Crippen molar-refractivity contribution in [1.82, 2.24) is 5.32 Å². The first-order valence-electron chi connectivity index (χ1n) is 7.90. The largest absolute Gasteiger partial charge is 0.463 e. The molecule has 0 saturated heterocycles. The van der Waals surface area contributed by atoms with Crippen molar-refractivity contribution in [3.8, 4) is 0 Å². The van der Waals surface area contributed by atoms with Crippen molar-refractivity contribution in [3.05, 3.63) is 71.8 Å². The Balaban J connectivity index is 1.99. The lowest BCUT2D eigenvalue weighted by Gasteiger charge is -2.24. The van der Waals surface area contributed by atoms with Gasteiger partial charge in [0.1, 0.15) is 19.3 Å². The molecule has 0 bridgehead atoms. The minimum atomic E-state index is -1.10. The summed E-state index contributed by atoms with van der Waals surface area (Å²) in [6.45, 7) is 1.15. The van der Waals surface area contributed by atoms with Crippen LogP contribution in [0.5, 0.6) is 0 Å². The quantitative estimate of drug-likeness (QED) is 0.755. The van der Waals surface area contributed by atoms with Crippen molar-refractivity contribution in [2.45, 2.75) is 25.7 Å². The third-order valence-corrected chi connectivity index (χ3v) is 3.49. The van der Waals surface area contributed by atoms with E-state index in [1.54, 1.807) is 24.3 Å². The van der Waals surface area contributed by atoms with Gasteiger partial charge in [0, 0.05) is 6.92 Å². The number of nitrogens with one attached hydrogen (secondary N) is 1. The molecule has 0 saturated carbocycles. The van der Waals surface area contributed by atoms with E-state index in [4.69, 9.17) is 9.47 Å². The zero-order valence-corrected chi connectivity index (χ0v) is 13.9. The van der Waals surface area contributed by atoms with E-state index in [1.807, 2.05) is 36.4 Å². The first kappa shape index (κ1) is 18.5. The number of carbonyl (C=O) groups is 2. The van der Waals surface area contributed by atoms with Crippen molar-refractivity contribution < 1.29 is 24.2 Å². The molecule has 6 nitrogen and oxygen atoms in total. The van der Waals surface area contributed by atoms with Crippen LogP contribution in [-0.2, 0) is 20.9 Å². The fourth-order valence-electron chi connectivity index (χ4n) is 2.25. The summed E-state index contributed by atoms with van der Waals surface area (Å²) in [4.78, 5) is 23.0. The van der Waals surface area contributed by atoms with Gasteiger partial charge < -0.3 is 19.9 Å². The Hall–Kier alpha value is -2.86. The molecule has 25 heavy (non-hydrogen) atoms. The predicted molar refractivity (Wildman–Crippen MR) is 91.6 cm³/mol. The molecule has 2 rings (SSSR count). The molecule has 0 aromatic heterocycles. The molecule has 1 amide bonds. The van der Waals surface area contributed by atoms with Crippen molar-refractivity contribution >= 4 is 12.1 Å². The summed E-state index contributed by atoms with van der Waals surface area (Å²) in [5.41, 5.74) is 1.54. The normalized spacial score (nSPS) is 12.7. The molecule has 6 heteroatoms. The van der Waals surface area contributed by atoms with Gasteiger partial charge in [0.2, 0.25) is 0 Å². The van der Waals surface area contributed by atoms with Crippen molar-refractivity contribution in [2.75, 3.05) is 6.61 Å². The average molecular weight is 343 g/mol. The van der Waals surface area contributed by atoms with Gasteiger partial charge in [0.15, 0.2) is 0 Å². The summed E-state index contributed by atoms with van der Waals surface area (Å²) >= 11 is 0. The maximum absolute atomic E-state index is 12.1. The molecule has 0 aliphatic carbocycles. The zero-order chi connectivity index (χ0) is 18.1. The Morgan fingerprint density at radius 3 is 2.20 bits per heavy atom. The van der Waals surface area contributed by atoms with E-state index < -0.39 is 24.2 Å². The number of aliphatic hydroxyl groups is 1. The first-order valence-corrected chi connectivity index (χ1v) is 7.90. The summed E-state index contributed by atoms with van der Waals surface area (Å²) in [6.07, 6.45) is -1.77. The van der Waals surface area contributed by atoms with E-state index in [9.17, 15) is 14.7 Å². The third-order valence-electron chi connectivity index (χ3n) is 3.49. The molecular weight excluding hydrogens is 322 g/mol. The van der Waals surface area contributed by atoms with Crippen molar-refractivity contribution in [2.24, 2.45) is 0 Å². The molecule has 0 fully saturated rings. The Labute approximate surface area is 146 Å². The van der Waals surface area contributed by atoms with Crippen LogP contribution in [0.2, 0.25) is 0 Å². The van der Waals surface area contributed by atoms with Gasteiger partial charge in [-0.3, -0.25) is 4.79 Å². The highest BCUT2D eigenvalue weighted by Gasteiger charge is 2.24. The molecule has 2 aromatic rings.